The van der Waals surface area contributed by atoms with Crippen molar-refractivity contribution in [1.82, 2.24) is 0 Å². The van der Waals surface area contributed by atoms with E-state index >= 15 is 0 Å². The first-order valence-corrected chi connectivity index (χ1v) is 14.5. The smallest absolute Gasteiger partial charge is 0.316 e. The van der Waals surface area contributed by atoms with Gasteiger partial charge < -0.3 is 29.3 Å². The number of ether oxygens (including phenoxy) is 4. The molecule has 8 heteroatoms. The molecule has 0 aromatic carbocycles. The van der Waals surface area contributed by atoms with E-state index in [1.54, 1.807) is 13.0 Å². The highest BCUT2D eigenvalue weighted by molar-refractivity contribution is 6.06. The molecule has 8 nitrogen and oxygen atoms in total. The predicted molar refractivity (Wildman–Crippen MR) is 146 cm³/mol. The van der Waals surface area contributed by atoms with Crippen LogP contribution in [0.3, 0.4) is 0 Å². The van der Waals surface area contributed by atoms with Gasteiger partial charge in [0.25, 0.3) is 0 Å². The van der Waals surface area contributed by atoms with Crippen LogP contribution in [0.2, 0.25) is 0 Å². The number of fused-ring (bicyclic) bond motifs is 2. The van der Waals surface area contributed by atoms with Gasteiger partial charge in [-0.15, -0.1) is 0 Å². The minimum absolute atomic E-state index is 0.0970. The van der Waals surface area contributed by atoms with E-state index in [0.717, 1.165) is 25.7 Å². The zero-order valence-electron chi connectivity index (χ0n) is 23.5. The number of oxime groups is 1. The van der Waals surface area contributed by atoms with Gasteiger partial charge in [-0.2, -0.15) is 0 Å². The minimum Gasteiger partial charge on any atom is -0.462 e. The van der Waals surface area contributed by atoms with Gasteiger partial charge in [0.05, 0.1) is 18.8 Å². The highest BCUT2D eigenvalue weighted by Crippen LogP contribution is 2.46. The lowest BCUT2D eigenvalue weighted by molar-refractivity contribution is -0.335. The Bertz CT molecular complexity index is 1090. The van der Waals surface area contributed by atoms with E-state index in [9.17, 15) is 15.1 Å². The van der Waals surface area contributed by atoms with Crippen LogP contribution in [0.1, 0.15) is 72.6 Å². The molecule has 9 atom stereocenters. The zero-order valence-corrected chi connectivity index (χ0v) is 23.5. The molecule has 0 saturated carbocycles. The van der Waals surface area contributed by atoms with E-state index in [4.69, 9.17) is 18.9 Å². The van der Waals surface area contributed by atoms with Crippen LogP contribution >= 0.6 is 0 Å². The third kappa shape index (κ3) is 5.41. The standard InChI is InChI=1S/C31H43NO7/c1-5-26-20(3)13-14-30(39-26)17-24-16-23(38-30)12-7-6-9-19(2)10-8-11-22-18-36-28-27(32-35)21(4)15-25(29(33)37-24)31(22,28)34/h6-8,10-11,15,19-20,23-26,28,34-35H,5,9,12-14,16-18H2,1-4H3/b7-6+,10-8+,22-11?,32-27-/t19-,20+,23-,24+,25+,26-,28-,30-,31-/m1/s1. The summed E-state index contributed by atoms with van der Waals surface area (Å²) in [7, 11) is 0. The number of hydrogen-bond acceptors (Lipinski definition) is 8. The summed E-state index contributed by atoms with van der Waals surface area (Å²) >= 11 is 0. The topological polar surface area (TPSA) is 107 Å². The van der Waals surface area contributed by atoms with Crippen LogP contribution in [-0.2, 0) is 23.7 Å². The lowest BCUT2D eigenvalue weighted by Gasteiger charge is -2.49. The highest BCUT2D eigenvalue weighted by atomic mass is 16.7. The van der Waals surface area contributed by atoms with Crippen LogP contribution in [-0.4, -0.2) is 64.4 Å². The van der Waals surface area contributed by atoms with Crippen molar-refractivity contribution in [2.45, 2.75) is 108 Å². The molecule has 2 N–H and O–H groups in total. The fourth-order valence-corrected chi connectivity index (χ4v) is 6.87. The van der Waals surface area contributed by atoms with Crippen LogP contribution in [0.5, 0.6) is 0 Å². The second kappa shape index (κ2) is 11.3. The molecule has 4 aliphatic heterocycles. The summed E-state index contributed by atoms with van der Waals surface area (Å²) in [5, 5.41) is 25.2. The van der Waals surface area contributed by atoms with Crippen molar-refractivity contribution in [1.29, 1.82) is 0 Å². The van der Waals surface area contributed by atoms with Crippen molar-refractivity contribution in [3.8, 4) is 0 Å². The van der Waals surface area contributed by atoms with Crippen molar-refractivity contribution in [3.05, 3.63) is 47.6 Å². The van der Waals surface area contributed by atoms with Gasteiger partial charge in [0.2, 0.25) is 0 Å². The molecule has 3 fully saturated rings. The Kier molecular flexibility index (Phi) is 8.20. The molecule has 0 unspecified atom stereocenters. The molecule has 5 rings (SSSR count). The molecule has 0 radical (unpaired) electrons. The summed E-state index contributed by atoms with van der Waals surface area (Å²) in [6.45, 7) is 8.36. The first-order valence-electron chi connectivity index (χ1n) is 14.5. The lowest BCUT2D eigenvalue weighted by atomic mass is 9.71. The average molecular weight is 542 g/mol. The number of hydrogen-bond donors (Lipinski definition) is 2. The number of rotatable bonds is 1. The Hall–Kier alpha value is -2.26. The average Bonchev–Trinajstić information content (AvgIpc) is 3.23. The molecular weight excluding hydrogens is 498 g/mol. The number of esters is 1. The summed E-state index contributed by atoms with van der Waals surface area (Å²) < 4.78 is 25.4. The highest BCUT2D eigenvalue weighted by Gasteiger charge is 2.59. The van der Waals surface area contributed by atoms with Gasteiger partial charge in [-0.1, -0.05) is 62.4 Å². The van der Waals surface area contributed by atoms with Crippen molar-refractivity contribution in [3.63, 3.8) is 0 Å². The molecule has 2 bridgehead atoms. The maximum absolute atomic E-state index is 13.9. The molecule has 39 heavy (non-hydrogen) atoms. The fraction of sp³-hybridized carbons (Fsp3) is 0.677. The van der Waals surface area contributed by atoms with Crippen molar-refractivity contribution in [2.24, 2.45) is 22.9 Å². The van der Waals surface area contributed by atoms with Crippen LogP contribution in [0.15, 0.2) is 52.8 Å². The van der Waals surface area contributed by atoms with Crippen LogP contribution in [0.25, 0.3) is 0 Å². The van der Waals surface area contributed by atoms with Gasteiger partial charge in [-0.3, -0.25) is 4.79 Å². The van der Waals surface area contributed by atoms with E-state index in [0.29, 0.717) is 36.3 Å². The Balaban J connectivity index is 1.51. The van der Waals surface area contributed by atoms with E-state index in [-0.39, 0.29) is 30.4 Å². The summed E-state index contributed by atoms with van der Waals surface area (Å²) in [5.74, 6) is -1.59. The third-order valence-corrected chi connectivity index (χ3v) is 9.15. The predicted octanol–water partition coefficient (Wildman–Crippen LogP) is 5.00. The SMILES string of the molecule is CC[C@H]1O[C@]2(CC[C@@H]1C)C[C@@H]1C[C@@H](C/C=C/C[C@@H](C)/C=C/C=C3CO[C@@H]4/C(=N\O)C(C)=C[C@@H](C(=O)O1)[C@]34O)O2. The maximum atomic E-state index is 13.9. The molecule has 3 saturated heterocycles. The first-order chi connectivity index (χ1) is 18.7. The van der Waals surface area contributed by atoms with Gasteiger partial charge >= 0.3 is 5.97 Å². The lowest BCUT2D eigenvalue weighted by Crippen LogP contribution is -2.57. The Morgan fingerprint density at radius 2 is 1.95 bits per heavy atom. The summed E-state index contributed by atoms with van der Waals surface area (Å²) in [5.41, 5.74) is -0.352. The maximum Gasteiger partial charge on any atom is 0.316 e. The van der Waals surface area contributed by atoms with Gasteiger partial charge in [0.1, 0.15) is 29.4 Å². The summed E-state index contributed by atoms with van der Waals surface area (Å²) in [4.78, 5) is 13.9. The number of aliphatic hydroxyl groups is 1. The van der Waals surface area contributed by atoms with E-state index < -0.39 is 35.5 Å². The normalized spacial score (nSPS) is 45.7. The van der Waals surface area contributed by atoms with Crippen molar-refractivity contribution >= 4 is 11.7 Å². The summed E-state index contributed by atoms with van der Waals surface area (Å²) in [6.07, 6.45) is 15.6. The first kappa shape index (κ1) is 28.3. The number of allylic oxidation sites excluding steroid dienone is 4. The molecule has 1 aliphatic carbocycles. The van der Waals surface area contributed by atoms with Crippen LogP contribution in [0.4, 0.5) is 0 Å². The third-order valence-electron chi connectivity index (χ3n) is 9.15. The van der Waals surface area contributed by atoms with E-state index in [1.807, 2.05) is 12.2 Å². The van der Waals surface area contributed by atoms with Crippen molar-refractivity contribution < 1.29 is 34.1 Å². The Morgan fingerprint density at radius 3 is 2.72 bits per heavy atom. The molecule has 0 aromatic rings. The number of carbonyl (C=O) groups excluding carboxylic acids is 1. The second-order valence-electron chi connectivity index (χ2n) is 12.1. The van der Waals surface area contributed by atoms with E-state index in [1.165, 1.54) is 0 Å². The molecule has 0 aromatic heterocycles. The largest absolute Gasteiger partial charge is 0.462 e. The van der Waals surface area contributed by atoms with Gasteiger partial charge in [-0.25, -0.2) is 0 Å². The number of carbonyl (C=O) groups is 1. The monoisotopic (exact) mass is 541 g/mol. The minimum atomic E-state index is -1.71. The molecule has 4 heterocycles. The van der Waals surface area contributed by atoms with E-state index in [2.05, 4.69) is 44.2 Å². The quantitative estimate of drug-likeness (QED) is 0.208. The fourth-order valence-electron chi connectivity index (χ4n) is 6.87. The molecule has 214 valence electrons. The van der Waals surface area contributed by atoms with Crippen LogP contribution < -0.4 is 0 Å². The van der Waals surface area contributed by atoms with Crippen LogP contribution in [0, 0.1) is 17.8 Å². The van der Waals surface area contributed by atoms with Crippen molar-refractivity contribution in [2.75, 3.05) is 6.61 Å². The molecule has 1 spiro atoms. The summed E-state index contributed by atoms with van der Waals surface area (Å²) in [6, 6.07) is 0. The molecule has 5 aliphatic rings. The van der Waals surface area contributed by atoms with Gasteiger partial charge in [0.15, 0.2) is 5.79 Å². The molecule has 0 amide bonds. The molecular formula is C31H43NO7. The number of nitrogens with zero attached hydrogens (tertiary/aromatic N) is 1. The zero-order chi connectivity index (χ0) is 27.8. The van der Waals surface area contributed by atoms with Gasteiger partial charge in [-0.05, 0) is 55.6 Å². The van der Waals surface area contributed by atoms with Gasteiger partial charge in [0, 0.05) is 19.3 Å². The second-order valence-corrected chi connectivity index (χ2v) is 12.1. The Morgan fingerprint density at radius 1 is 1.15 bits per heavy atom. The Labute approximate surface area is 231 Å².